The number of carbonyl (C=O) groups excluding carboxylic acids is 1. The molecule has 0 saturated carbocycles. The second-order valence-corrected chi connectivity index (χ2v) is 7.16. The van der Waals surface area contributed by atoms with E-state index in [-0.39, 0.29) is 12.0 Å². The fourth-order valence-corrected chi connectivity index (χ4v) is 3.56. The smallest absolute Gasteiger partial charge is 0.219 e. The number of aromatic nitrogens is 4. The lowest BCUT2D eigenvalue weighted by Crippen LogP contribution is -2.61. The largest absolute Gasteiger partial charge is 0.373 e. The Hall–Kier alpha value is -2.26. The molecule has 140 valence electrons. The van der Waals surface area contributed by atoms with E-state index in [4.69, 9.17) is 4.74 Å². The Morgan fingerprint density at radius 2 is 2.12 bits per heavy atom. The highest BCUT2D eigenvalue weighted by molar-refractivity contribution is 5.73. The number of amides is 1. The van der Waals surface area contributed by atoms with E-state index >= 15 is 0 Å². The number of hydrogen-bond acceptors (Lipinski definition) is 7. The zero-order valence-electron chi connectivity index (χ0n) is 15.5. The molecule has 0 spiro atoms. The van der Waals surface area contributed by atoms with Crippen LogP contribution in [0.3, 0.4) is 0 Å². The van der Waals surface area contributed by atoms with E-state index in [0.29, 0.717) is 25.7 Å². The molecule has 4 rings (SSSR count). The minimum Gasteiger partial charge on any atom is -0.373 e. The minimum absolute atomic E-state index is 0.0841. The van der Waals surface area contributed by atoms with Crippen LogP contribution in [0.25, 0.3) is 5.65 Å². The number of aryl methyl sites for hydroxylation is 1. The van der Waals surface area contributed by atoms with Gasteiger partial charge in [0.25, 0.3) is 0 Å². The topological polar surface area (TPSA) is 79.1 Å². The maximum Gasteiger partial charge on any atom is 0.219 e. The van der Waals surface area contributed by atoms with Crippen LogP contribution in [0.15, 0.2) is 12.1 Å². The fourth-order valence-electron chi connectivity index (χ4n) is 3.56. The standard InChI is InChI=1S/C17H25N7O2/c1-12-18-19-16-4-5-17(20-24(12)16)23-8-14(9-23)21(3)10-15-11-22(13(2)25)6-7-26-15/h4-5,14-15H,6-11H2,1-3H3. The third-order valence-corrected chi connectivity index (χ3v) is 5.29. The molecule has 1 atom stereocenters. The van der Waals surface area contributed by atoms with E-state index in [0.717, 1.165) is 36.9 Å². The van der Waals surface area contributed by atoms with Crippen LogP contribution in [0.2, 0.25) is 0 Å². The molecule has 2 fully saturated rings. The summed E-state index contributed by atoms with van der Waals surface area (Å²) in [5.74, 6) is 1.86. The van der Waals surface area contributed by atoms with Gasteiger partial charge in [0.2, 0.25) is 5.91 Å². The van der Waals surface area contributed by atoms with Gasteiger partial charge in [0.05, 0.1) is 12.7 Å². The van der Waals surface area contributed by atoms with E-state index in [1.807, 2.05) is 24.0 Å². The highest BCUT2D eigenvalue weighted by atomic mass is 16.5. The van der Waals surface area contributed by atoms with Gasteiger partial charge in [0, 0.05) is 45.7 Å². The molecule has 0 aliphatic carbocycles. The third-order valence-electron chi connectivity index (χ3n) is 5.29. The lowest BCUT2D eigenvalue weighted by Gasteiger charge is -2.46. The second kappa shape index (κ2) is 6.81. The van der Waals surface area contributed by atoms with Crippen molar-refractivity contribution in [2.24, 2.45) is 0 Å². The van der Waals surface area contributed by atoms with Crippen molar-refractivity contribution in [2.45, 2.75) is 26.0 Å². The molecule has 2 saturated heterocycles. The molecule has 0 aromatic carbocycles. The van der Waals surface area contributed by atoms with Gasteiger partial charge in [-0.15, -0.1) is 15.3 Å². The molecular weight excluding hydrogens is 334 g/mol. The third kappa shape index (κ3) is 3.24. The fraction of sp³-hybridized carbons (Fsp3) is 0.647. The zero-order valence-corrected chi connectivity index (χ0v) is 15.5. The number of hydrogen-bond donors (Lipinski definition) is 0. The van der Waals surface area contributed by atoms with Gasteiger partial charge in [-0.25, -0.2) is 0 Å². The zero-order chi connectivity index (χ0) is 18.3. The van der Waals surface area contributed by atoms with Gasteiger partial charge in [-0.3, -0.25) is 9.69 Å². The molecule has 1 unspecified atom stereocenters. The lowest BCUT2D eigenvalue weighted by molar-refractivity contribution is -0.137. The Balaban J connectivity index is 1.32. The van der Waals surface area contributed by atoms with Crippen LogP contribution in [-0.2, 0) is 9.53 Å². The van der Waals surface area contributed by atoms with E-state index in [1.54, 1.807) is 11.4 Å². The van der Waals surface area contributed by atoms with Crippen molar-refractivity contribution in [2.75, 3.05) is 51.3 Å². The van der Waals surface area contributed by atoms with Crippen LogP contribution in [-0.4, -0.2) is 94.0 Å². The van der Waals surface area contributed by atoms with Gasteiger partial charge < -0.3 is 14.5 Å². The Bertz CT molecular complexity index is 802. The predicted molar refractivity (Wildman–Crippen MR) is 96.1 cm³/mol. The lowest BCUT2D eigenvalue weighted by atomic mass is 10.1. The van der Waals surface area contributed by atoms with Crippen molar-refractivity contribution in [3.63, 3.8) is 0 Å². The van der Waals surface area contributed by atoms with Gasteiger partial charge >= 0.3 is 0 Å². The van der Waals surface area contributed by atoms with Crippen LogP contribution in [0.4, 0.5) is 5.82 Å². The van der Waals surface area contributed by atoms with E-state index in [2.05, 4.69) is 32.1 Å². The average Bonchev–Trinajstić information content (AvgIpc) is 2.94. The Labute approximate surface area is 152 Å². The summed E-state index contributed by atoms with van der Waals surface area (Å²) in [6, 6.07) is 4.41. The summed E-state index contributed by atoms with van der Waals surface area (Å²) < 4.78 is 7.61. The van der Waals surface area contributed by atoms with Crippen LogP contribution in [0.5, 0.6) is 0 Å². The van der Waals surface area contributed by atoms with Crippen molar-refractivity contribution in [3.05, 3.63) is 18.0 Å². The highest BCUT2D eigenvalue weighted by Gasteiger charge is 2.33. The Morgan fingerprint density at radius 3 is 2.88 bits per heavy atom. The molecule has 9 nitrogen and oxygen atoms in total. The summed E-state index contributed by atoms with van der Waals surface area (Å²) in [5, 5.41) is 12.7. The highest BCUT2D eigenvalue weighted by Crippen LogP contribution is 2.22. The molecule has 2 aromatic heterocycles. The molecule has 0 N–H and O–H groups in total. The number of likely N-dealkylation sites (N-methyl/N-ethyl adjacent to an activating group) is 1. The van der Waals surface area contributed by atoms with Crippen molar-refractivity contribution in [1.82, 2.24) is 29.6 Å². The Morgan fingerprint density at radius 1 is 1.31 bits per heavy atom. The first-order valence-electron chi connectivity index (χ1n) is 9.02. The molecule has 9 heteroatoms. The van der Waals surface area contributed by atoms with Gasteiger partial charge in [-0.1, -0.05) is 0 Å². The molecule has 4 heterocycles. The SMILES string of the molecule is CC(=O)N1CCOC(CN(C)C2CN(c3ccc4nnc(C)n4n3)C2)C1. The normalized spacial score (nSPS) is 21.5. The van der Waals surface area contributed by atoms with Crippen LogP contribution >= 0.6 is 0 Å². The molecule has 1 amide bonds. The summed E-state index contributed by atoms with van der Waals surface area (Å²) in [4.78, 5) is 18.0. The van der Waals surface area contributed by atoms with E-state index < -0.39 is 0 Å². The maximum absolute atomic E-state index is 11.6. The first-order chi connectivity index (χ1) is 12.5. The van der Waals surface area contributed by atoms with Gasteiger partial charge in [-0.05, 0) is 26.1 Å². The number of fused-ring (bicyclic) bond motifs is 1. The van der Waals surface area contributed by atoms with Crippen molar-refractivity contribution in [3.8, 4) is 0 Å². The molecule has 2 aromatic rings. The molecular formula is C17H25N7O2. The first kappa shape index (κ1) is 17.2. The summed E-state index contributed by atoms with van der Waals surface area (Å²) in [6.45, 7) is 8.22. The predicted octanol–water partition coefficient (Wildman–Crippen LogP) is -0.200. The number of anilines is 1. The van der Waals surface area contributed by atoms with Gasteiger partial charge in [0.15, 0.2) is 11.5 Å². The van der Waals surface area contributed by atoms with Crippen LogP contribution in [0.1, 0.15) is 12.7 Å². The summed E-state index contributed by atoms with van der Waals surface area (Å²) in [5.41, 5.74) is 0.768. The van der Waals surface area contributed by atoms with E-state index in [9.17, 15) is 4.79 Å². The number of carbonyl (C=O) groups is 1. The number of morpholine rings is 1. The Kier molecular flexibility index (Phi) is 4.49. The molecule has 2 aliphatic rings. The summed E-state index contributed by atoms with van der Waals surface area (Å²) in [7, 11) is 2.12. The van der Waals surface area contributed by atoms with Crippen molar-refractivity contribution in [1.29, 1.82) is 0 Å². The molecule has 26 heavy (non-hydrogen) atoms. The van der Waals surface area contributed by atoms with Gasteiger partial charge in [-0.2, -0.15) is 4.52 Å². The monoisotopic (exact) mass is 359 g/mol. The van der Waals surface area contributed by atoms with Crippen molar-refractivity contribution < 1.29 is 9.53 Å². The molecule has 0 bridgehead atoms. The minimum atomic E-state index is 0.0841. The summed E-state index contributed by atoms with van der Waals surface area (Å²) in [6.07, 6.45) is 0.0841. The number of nitrogens with zero attached hydrogens (tertiary/aromatic N) is 7. The van der Waals surface area contributed by atoms with Crippen LogP contribution < -0.4 is 4.90 Å². The van der Waals surface area contributed by atoms with E-state index in [1.165, 1.54) is 0 Å². The van der Waals surface area contributed by atoms with Crippen molar-refractivity contribution >= 4 is 17.4 Å². The van der Waals surface area contributed by atoms with Crippen LogP contribution in [0, 0.1) is 6.92 Å². The number of ether oxygens (including phenoxy) is 1. The average molecular weight is 359 g/mol. The molecule has 2 aliphatic heterocycles. The quantitative estimate of drug-likeness (QED) is 0.748. The second-order valence-electron chi connectivity index (χ2n) is 7.16. The first-order valence-corrected chi connectivity index (χ1v) is 9.02. The number of rotatable bonds is 4. The summed E-state index contributed by atoms with van der Waals surface area (Å²) >= 11 is 0. The molecule has 0 radical (unpaired) electrons. The van der Waals surface area contributed by atoms with Gasteiger partial charge in [0.1, 0.15) is 5.82 Å². The maximum atomic E-state index is 11.6.